The molecule has 0 atom stereocenters. The van der Waals surface area contributed by atoms with Gasteiger partial charge in [0.25, 0.3) is 5.82 Å². The molecule has 0 radical (unpaired) electrons. The molecule has 0 saturated carbocycles. The molecule has 0 spiro atoms. The number of rotatable bonds is 4. The lowest BCUT2D eigenvalue weighted by atomic mass is 9.92. The maximum Gasteiger partial charge on any atom is 0.295 e. The molecule has 0 unspecified atom stereocenters. The van der Waals surface area contributed by atoms with Crippen LogP contribution in [0.15, 0.2) is 103 Å². The van der Waals surface area contributed by atoms with Crippen molar-refractivity contribution in [2.75, 3.05) is 0 Å². The quantitative estimate of drug-likeness (QED) is 0.143. The minimum absolute atomic E-state index is 0.397. The van der Waals surface area contributed by atoms with Gasteiger partial charge in [0.15, 0.2) is 11.0 Å². The number of aryl methyl sites for hydroxylation is 2. The van der Waals surface area contributed by atoms with E-state index in [0.29, 0.717) is 11.8 Å². The Labute approximate surface area is 262 Å². The molecule has 0 aliphatic carbocycles. The van der Waals surface area contributed by atoms with Gasteiger partial charge in [0.05, 0.1) is 12.6 Å². The molecule has 8 rings (SSSR count). The first-order valence-corrected chi connectivity index (χ1v) is 16.6. The number of hydrogen-bond acceptors (Lipinski definition) is 1. The van der Waals surface area contributed by atoms with E-state index in [-0.39, 0.29) is 0 Å². The molecule has 0 amide bonds. The van der Waals surface area contributed by atoms with E-state index in [4.69, 9.17) is 0 Å². The van der Waals surface area contributed by atoms with Gasteiger partial charge < -0.3 is 0 Å². The van der Waals surface area contributed by atoms with Crippen LogP contribution in [0.3, 0.4) is 0 Å². The highest BCUT2D eigenvalue weighted by Crippen LogP contribution is 2.44. The summed E-state index contributed by atoms with van der Waals surface area (Å²) in [4.78, 5) is 0. The van der Waals surface area contributed by atoms with E-state index in [1.54, 1.807) is 0 Å². The van der Waals surface area contributed by atoms with E-state index >= 15 is 0 Å². The largest absolute Gasteiger partial charge is 0.295 e. The number of aromatic nitrogens is 2. The van der Waals surface area contributed by atoms with Gasteiger partial charge in [-0.2, -0.15) is 4.57 Å². The fraction of sp³-hybridized carbons (Fsp3) is 0.195. The summed E-state index contributed by atoms with van der Waals surface area (Å²) < 4.78 is 7.66. The van der Waals surface area contributed by atoms with E-state index in [1.807, 2.05) is 11.3 Å². The van der Waals surface area contributed by atoms with Crippen LogP contribution >= 0.6 is 11.3 Å². The number of thiophene rings is 1. The van der Waals surface area contributed by atoms with Crippen molar-refractivity contribution < 1.29 is 4.57 Å². The highest BCUT2D eigenvalue weighted by molar-refractivity contribution is 7.26. The Hall–Kier alpha value is -4.47. The number of nitrogens with zero attached hydrogens (tertiary/aromatic N) is 2. The zero-order valence-electron chi connectivity index (χ0n) is 26.3. The SMILES string of the molecule is Cc1cc2sc3ccc4c5ccccc5ccc4c3c2cc1-c1n(-c2c(C(C)C)cccc2C(C)C)c2ccccc2[n+]1C. The Morgan fingerprint density at radius 2 is 1.34 bits per heavy atom. The van der Waals surface area contributed by atoms with E-state index in [0.717, 1.165) is 0 Å². The van der Waals surface area contributed by atoms with E-state index in [2.05, 4.69) is 154 Å². The average molecular weight is 590 g/mol. The minimum Gasteiger partial charge on any atom is -0.225 e. The van der Waals surface area contributed by atoms with Crippen LogP contribution in [-0.4, -0.2) is 4.57 Å². The average Bonchev–Trinajstić information content (AvgIpc) is 3.54. The normalized spacial score (nSPS) is 12.3. The fourth-order valence-corrected chi connectivity index (χ4v) is 8.57. The zero-order valence-corrected chi connectivity index (χ0v) is 27.1. The summed E-state index contributed by atoms with van der Waals surface area (Å²) in [6, 6.07) is 38.7. The van der Waals surface area contributed by atoms with Crippen molar-refractivity contribution in [3.63, 3.8) is 0 Å². The van der Waals surface area contributed by atoms with E-state index in [1.165, 1.54) is 86.5 Å². The molecule has 2 aromatic heterocycles. The molecular formula is C41H37N2S+. The third-order valence-electron chi connectivity index (χ3n) is 9.52. The van der Waals surface area contributed by atoms with Gasteiger partial charge in [0.2, 0.25) is 0 Å². The van der Waals surface area contributed by atoms with Crippen LogP contribution < -0.4 is 4.57 Å². The van der Waals surface area contributed by atoms with Crippen molar-refractivity contribution in [1.29, 1.82) is 0 Å². The van der Waals surface area contributed by atoms with Gasteiger partial charge in [0, 0.05) is 31.3 Å². The number of hydrogen-bond donors (Lipinski definition) is 0. The van der Waals surface area contributed by atoms with Crippen LogP contribution in [0.1, 0.15) is 56.2 Å². The van der Waals surface area contributed by atoms with Crippen molar-refractivity contribution in [1.82, 2.24) is 4.57 Å². The molecule has 6 aromatic carbocycles. The van der Waals surface area contributed by atoms with Gasteiger partial charge >= 0.3 is 0 Å². The van der Waals surface area contributed by atoms with Crippen molar-refractivity contribution >= 4 is 64.1 Å². The smallest absolute Gasteiger partial charge is 0.225 e. The standard InChI is InChI=1S/C41H37N2S/c1-24(2)28-14-11-15-29(25(3)4)40(28)43-36-17-10-9-16-35(36)42(6)41(43)33-23-34-38(22-26(33)5)44-37-21-20-31-30-13-8-7-12-27(30)18-19-32(31)39(34)37/h7-25H,1-6H3/q+1. The van der Waals surface area contributed by atoms with Gasteiger partial charge in [-0.05, 0) is 76.2 Å². The predicted octanol–water partition coefficient (Wildman–Crippen LogP) is 11.4. The minimum atomic E-state index is 0.397. The summed E-state index contributed by atoms with van der Waals surface area (Å²) in [5, 5.41) is 7.96. The first-order valence-electron chi connectivity index (χ1n) is 15.7. The summed E-state index contributed by atoms with van der Waals surface area (Å²) in [5.41, 5.74) is 9.16. The summed E-state index contributed by atoms with van der Waals surface area (Å²) in [5.74, 6) is 2.02. The van der Waals surface area contributed by atoms with Crippen LogP contribution in [0.2, 0.25) is 0 Å². The van der Waals surface area contributed by atoms with Crippen molar-refractivity contribution in [2.45, 2.75) is 46.5 Å². The van der Waals surface area contributed by atoms with E-state index in [9.17, 15) is 0 Å². The molecule has 3 heteroatoms. The van der Waals surface area contributed by atoms with Crippen LogP contribution in [0.25, 0.3) is 69.8 Å². The lowest BCUT2D eigenvalue weighted by Gasteiger charge is -2.18. The second kappa shape index (κ2) is 10.0. The summed E-state index contributed by atoms with van der Waals surface area (Å²) in [7, 11) is 2.23. The topological polar surface area (TPSA) is 8.81 Å². The number of fused-ring (bicyclic) bond motifs is 8. The van der Waals surface area contributed by atoms with Gasteiger partial charge in [0.1, 0.15) is 5.69 Å². The summed E-state index contributed by atoms with van der Waals surface area (Å²) >= 11 is 1.91. The highest BCUT2D eigenvalue weighted by Gasteiger charge is 2.31. The summed E-state index contributed by atoms with van der Waals surface area (Å²) in [6.07, 6.45) is 0. The Balaban J connectivity index is 1.51. The molecule has 0 aliphatic heterocycles. The first kappa shape index (κ1) is 27.1. The third kappa shape index (κ3) is 3.89. The Morgan fingerprint density at radius 1 is 0.636 bits per heavy atom. The molecule has 2 heterocycles. The molecule has 8 aromatic rings. The molecule has 216 valence electrons. The number of imidazole rings is 1. The van der Waals surface area contributed by atoms with E-state index < -0.39 is 0 Å². The molecule has 0 saturated heterocycles. The lowest BCUT2D eigenvalue weighted by Crippen LogP contribution is -2.30. The van der Waals surface area contributed by atoms with Crippen LogP contribution in [0, 0.1) is 6.92 Å². The van der Waals surface area contributed by atoms with Gasteiger partial charge in [-0.1, -0.05) is 100 Å². The van der Waals surface area contributed by atoms with Crippen LogP contribution in [0.5, 0.6) is 0 Å². The van der Waals surface area contributed by atoms with Crippen LogP contribution in [0.4, 0.5) is 0 Å². The van der Waals surface area contributed by atoms with Gasteiger partial charge in [-0.3, -0.25) is 0 Å². The van der Waals surface area contributed by atoms with Gasteiger partial charge in [-0.25, -0.2) is 4.57 Å². The highest BCUT2D eigenvalue weighted by atomic mass is 32.1. The second-order valence-electron chi connectivity index (χ2n) is 12.9. The second-order valence-corrected chi connectivity index (χ2v) is 14.0. The first-order chi connectivity index (χ1) is 21.3. The Morgan fingerprint density at radius 3 is 2.11 bits per heavy atom. The Kier molecular flexibility index (Phi) is 6.18. The molecule has 0 aliphatic rings. The van der Waals surface area contributed by atoms with Gasteiger partial charge in [-0.15, -0.1) is 11.3 Å². The maximum atomic E-state index is 2.56. The number of benzene rings is 6. The lowest BCUT2D eigenvalue weighted by molar-refractivity contribution is -0.633. The number of para-hydroxylation sites is 3. The summed E-state index contributed by atoms with van der Waals surface area (Å²) in [6.45, 7) is 11.6. The fourth-order valence-electron chi connectivity index (χ4n) is 7.36. The van der Waals surface area contributed by atoms with Crippen molar-refractivity contribution in [3.05, 3.63) is 120 Å². The molecule has 2 nitrogen and oxygen atoms in total. The van der Waals surface area contributed by atoms with Crippen molar-refractivity contribution in [3.8, 4) is 17.1 Å². The molecular weight excluding hydrogens is 553 g/mol. The monoisotopic (exact) mass is 589 g/mol. The zero-order chi connectivity index (χ0) is 30.3. The maximum absolute atomic E-state index is 2.56. The molecule has 0 N–H and O–H groups in total. The molecule has 44 heavy (non-hydrogen) atoms. The predicted molar refractivity (Wildman–Crippen MR) is 191 cm³/mol. The third-order valence-corrected chi connectivity index (χ3v) is 10.6. The Bertz CT molecular complexity index is 2390. The van der Waals surface area contributed by atoms with Crippen LogP contribution in [-0.2, 0) is 7.05 Å². The van der Waals surface area contributed by atoms with Crippen molar-refractivity contribution in [2.24, 2.45) is 7.05 Å². The molecule has 0 fully saturated rings. The molecule has 0 bridgehead atoms.